The molecule has 0 radical (unpaired) electrons. The van der Waals surface area contributed by atoms with Gasteiger partial charge in [-0.1, -0.05) is 36.8 Å². The maximum Gasteiger partial charge on any atom is 0.264 e. The lowest BCUT2D eigenvalue weighted by Gasteiger charge is -2.21. The van der Waals surface area contributed by atoms with Crippen LogP contribution in [0.15, 0.2) is 29.3 Å². The average Bonchev–Trinajstić information content (AvgIpc) is 2.40. The minimum Gasteiger partial charge on any atom is -0.327 e. The number of rotatable bonds is 4. The number of benzene rings is 1. The fourth-order valence-electron chi connectivity index (χ4n) is 2.09. The highest BCUT2D eigenvalue weighted by Crippen LogP contribution is 2.21. The van der Waals surface area contributed by atoms with Gasteiger partial charge in [0.1, 0.15) is 11.8 Å². The molecule has 20 heavy (non-hydrogen) atoms. The lowest BCUT2D eigenvalue weighted by Crippen LogP contribution is -2.44. The van der Waals surface area contributed by atoms with E-state index in [1.54, 1.807) is 12.1 Å². The molecule has 1 aliphatic heterocycles. The molecule has 0 fully saturated rings. The first kappa shape index (κ1) is 14.4. The van der Waals surface area contributed by atoms with E-state index in [0.717, 1.165) is 12.0 Å². The van der Waals surface area contributed by atoms with Gasteiger partial charge in [0.05, 0.1) is 0 Å². The number of nitrogens with two attached hydrogens (primary N) is 1. The van der Waals surface area contributed by atoms with E-state index in [1.807, 2.05) is 26.0 Å². The Morgan fingerprint density at radius 2 is 1.95 bits per heavy atom. The van der Waals surface area contributed by atoms with E-state index in [9.17, 15) is 9.59 Å². The van der Waals surface area contributed by atoms with Gasteiger partial charge in [0, 0.05) is 12.5 Å². The molecule has 1 heterocycles. The summed E-state index contributed by atoms with van der Waals surface area (Å²) in [5, 5.41) is 2.69. The van der Waals surface area contributed by atoms with Gasteiger partial charge in [0.25, 0.3) is 5.91 Å². The van der Waals surface area contributed by atoms with E-state index in [4.69, 9.17) is 5.73 Å². The molecule has 0 bridgehead atoms. The van der Waals surface area contributed by atoms with Crippen LogP contribution >= 0.6 is 0 Å². The summed E-state index contributed by atoms with van der Waals surface area (Å²) in [6.07, 6.45) is 1.18. The molecule has 2 rings (SSSR count). The van der Waals surface area contributed by atoms with Crippen molar-refractivity contribution >= 4 is 17.6 Å². The number of amides is 2. The number of aryl methyl sites for hydroxylation is 1. The molecule has 0 saturated carbocycles. The van der Waals surface area contributed by atoms with Gasteiger partial charge >= 0.3 is 0 Å². The molecule has 1 aromatic carbocycles. The van der Waals surface area contributed by atoms with Gasteiger partial charge in [-0.3, -0.25) is 9.59 Å². The Labute approximate surface area is 118 Å². The van der Waals surface area contributed by atoms with Crippen LogP contribution in [0.4, 0.5) is 0 Å². The van der Waals surface area contributed by atoms with Gasteiger partial charge in [0.2, 0.25) is 5.91 Å². The molecule has 0 aliphatic carbocycles. The summed E-state index contributed by atoms with van der Waals surface area (Å²) in [5.41, 5.74) is 7.56. The zero-order valence-corrected chi connectivity index (χ0v) is 11.7. The molecular formula is C15H19N3O2. The molecule has 0 saturated heterocycles. The van der Waals surface area contributed by atoms with E-state index >= 15 is 0 Å². The fraction of sp³-hybridized carbons (Fsp3) is 0.400. The molecule has 1 aromatic rings. The molecule has 5 heteroatoms. The minimum atomic E-state index is -0.850. The lowest BCUT2D eigenvalue weighted by atomic mass is 9.95. The average molecular weight is 273 g/mol. The molecule has 0 spiro atoms. The third kappa shape index (κ3) is 3.11. The zero-order valence-electron chi connectivity index (χ0n) is 11.7. The zero-order chi connectivity index (χ0) is 14.7. The molecule has 2 atom stereocenters. The standard InChI is InChI=1S/C15H19N3O2/c1-3-11(16)8-12-17-14(19)13(15(20)18-12)10-6-4-9(2)5-7-10/h4-7,11,13H,3,8,16H2,1-2H3,(H,17,18,19,20). The van der Waals surface area contributed by atoms with Crippen molar-refractivity contribution in [1.29, 1.82) is 0 Å². The molecule has 0 aromatic heterocycles. The van der Waals surface area contributed by atoms with E-state index in [0.29, 0.717) is 17.8 Å². The predicted octanol–water partition coefficient (Wildman–Crippen LogP) is 1.26. The molecule has 1 aliphatic rings. The first-order valence-corrected chi connectivity index (χ1v) is 6.75. The molecule has 106 valence electrons. The normalized spacial score (nSPS) is 20.4. The summed E-state index contributed by atoms with van der Waals surface area (Å²) in [7, 11) is 0. The third-order valence-electron chi connectivity index (χ3n) is 3.41. The van der Waals surface area contributed by atoms with Crippen LogP contribution in [0.3, 0.4) is 0 Å². The number of carbonyl (C=O) groups is 2. The number of nitrogens with zero attached hydrogens (tertiary/aromatic N) is 1. The maximum absolute atomic E-state index is 12.1. The predicted molar refractivity (Wildman–Crippen MR) is 77.4 cm³/mol. The second-order valence-electron chi connectivity index (χ2n) is 5.10. The molecule has 2 amide bonds. The third-order valence-corrected chi connectivity index (χ3v) is 3.41. The Morgan fingerprint density at radius 3 is 2.50 bits per heavy atom. The topological polar surface area (TPSA) is 84.5 Å². The van der Waals surface area contributed by atoms with Crippen molar-refractivity contribution in [1.82, 2.24) is 5.32 Å². The van der Waals surface area contributed by atoms with E-state index in [-0.39, 0.29) is 11.9 Å². The summed E-state index contributed by atoms with van der Waals surface area (Å²) in [6, 6.07) is 7.23. The summed E-state index contributed by atoms with van der Waals surface area (Å²) in [6.45, 7) is 3.90. The van der Waals surface area contributed by atoms with Crippen molar-refractivity contribution in [2.24, 2.45) is 10.7 Å². The molecule has 3 N–H and O–H groups in total. The Hall–Kier alpha value is -2.01. The Bertz CT molecular complexity index is 549. The first-order valence-electron chi connectivity index (χ1n) is 6.75. The molecular weight excluding hydrogens is 254 g/mol. The summed E-state index contributed by atoms with van der Waals surface area (Å²) in [5.74, 6) is -1.22. The van der Waals surface area contributed by atoms with Crippen molar-refractivity contribution in [3.8, 4) is 0 Å². The highest BCUT2D eigenvalue weighted by Gasteiger charge is 2.33. The number of hydrogen-bond donors (Lipinski definition) is 2. The Kier molecular flexibility index (Phi) is 4.29. The summed E-state index contributed by atoms with van der Waals surface area (Å²) in [4.78, 5) is 28.2. The Morgan fingerprint density at radius 1 is 1.30 bits per heavy atom. The van der Waals surface area contributed by atoms with Crippen molar-refractivity contribution < 1.29 is 9.59 Å². The quantitative estimate of drug-likeness (QED) is 0.810. The van der Waals surface area contributed by atoms with Crippen molar-refractivity contribution in [3.63, 3.8) is 0 Å². The maximum atomic E-state index is 12.1. The van der Waals surface area contributed by atoms with Crippen LogP contribution in [0.5, 0.6) is 0 Å². The summed E-state index contributed by atoms with van der Waals surface area (Å²) >= 11 is 0. The second-order valence-corrected chi connectivity index (χ2v) is 5.10. The van der Waals surface area contributed by atoms with Crippen molar-refractivity contribution in [3.05, 3.63) is 35.4 Å². The van der Waals surface area contributed by atoms with Crippen molar-refractivity contribution in [2.45, 2.75) is 38.6 Å². The SMILES string of the molecule is CCC(N)CC1=NC(=O)C(c2ccc(C)cc2)C(=O)N1. The van der Waals surface area contributed by atoms with Gasteiger partial charge in [-0.05, 0) is 18.9 Å². The number of carbonyl (C=O) groups excluding carboxylic acids is 2. The van der Waals surface area contributed by atoms with Crippen LogP contribution in [0.25, 0.3) is 0 Å². The fourth-order valence-corrected chi connectivity index (χ4v) is 2.09. The highest BCUT2D eigenvalue weighted by atomic mass is 16.2. The van der Waals surface area contributed by atoms with Crippen LogP contribution < -0.4 is 11.1 Å². The summed E-state index contributed by atoms with van der Waals surface area (Å²) < 4.78 is 0. The number of aliphatic imine (C=N–C) groups is 1. The molecule has 2 unspecified atom stereocenters. The minimum absolute atomic E-state index is 0.0993. The van der Waals surface area contributed by atoms with Crippen LogP contribution in [0.2, 0.25) is 0 Å². The second kappa shape index (κ2) is 5.96. The Balaban J connectivity index is 2.20. The van der Waals surface area contributed by atoms with Gasteiger partial charge in [-0.15, -0.1) is 0 Å². The van der Waals surface area contributed by atoms with Gasteiger partial charge in [-0.25, -0.2) is 0 Å². The van der Waals surface area contributed by atoms with Crippen LogP contribution in [0.1, 0.15) is 36.8 Å². The number of amidine groups is 1. The monoisotopic (exact) mass is 273 g/mol. The van der Waals surface area contributed by atoms with Crippen molar-refractivity contribution in [2.75, 3.05) is 0 Å². The largest absolute Gasteiger partial charge is 0.327 e. The first-order chi connectivity index (χ1) is 9.51. The van der Waals surface area contributed by atoms with Crippen LogP contribution in [-0.4, -0.2) is 23.7 Å². The number of nitrogens with one attached hydrogen (secondary N) is 1. The van der Waals surface area contributed by atoms with Gasteiger partial charge in [0.15, 0.2) is 0 Å². The smallest absolute Gasteiger partial charge is 0.264 e. The van der Waals surface area contributed by atoms with E-state index in [1.165, 1.54) is 0 Å². The van der Waals surface area contributed by atoms with E-state index in [2.05, 4.69) is 10.3 Å². The van der Waals surface area contributed by atoms with Crippen LogP contribution in [0, 0.1) is 6.92 Å². The van der Waals surface area contributed by atoms with Gasteiger partial charge < -0.3 is 11.1 Å². The number of hydrogen-bond acceptors (Lipinski definition) is 3. The molecule has 5 nitrogen and oxygen atoms in total. The van der Waals surface area contributed by atoms with Gasteiger partial charge in [-0.2, -0.15) is 4.99 Å². The van der Waals surface area contributed by atoms with Crippen LogP contribution in [-0.2, 0) is 9.59 Å². The van der Waals surface area contributed by atoms with E-state index < -0.39 is 11.8 Å². The lowest BCUT2D eigenvalue weighted by molar-refractivity contribution is -0.129. The highest BCUT2D eigenvalue weighted by molar-refractivity contribution is 6.19.